The van der Waals surface area contributed by atoms with Gasteiger partial charge in [-0.15, -0.1) is 6.42 Å². The van der Waals surface area contributed by atoms with Gasteiger partial charge in [-0.25, -0.2) is 4.98 Å². The molecule has 1 aromatic rings. The number of terminal acetylenes is 1. The van der Waals surface area contributed by atoms with Crippen molar-refractivity contribution in [2.45, 2.75) is 6.92 Å². The summed E-state index contributed by atoms with van der Waals surface area (Å²) in [6, 6.07) is 3.68. The molecule has 0 saturated carbocycles. The summed E-state index contributed by atoms with van der Waals surface area (Å²) >= 11 is 0. The first-order valence-electron chi connectivity index (χ1n) is 3.26. The van der Waals surface area contributed by atoms with Gasteiger partial charge >= 0.3 is 0 Å². The third-order valence-electron chi connectivity index (χ3n) is 1.39. The minimum absolute atomic E-state index is 0.598. The van der Waals surface area contributed by atoms with Gasteiger partial charge in [-0.3, -0.25) is 0 Å². The fourth-order valence-electron chi connectivity index (χ4n) is 0.797. The molecular formula is C9H9NO. The van der Waals surface area contributed by atoms with Gasteiger partial charge < -0.3 is 4.74 Å². The zero-order chi connectivity index (χ0) is 8.27. The average molecular weight is 147 g/mol. The number of methoxy groups -OCH3 is 1. The van der Waals surface area contributed by atoms with Crippen LogP contribution in [0.3, 0.4) is 0 Å². The second-order valence-electron chi connectivity index (χ2n) is 2.17. The third-order valence-corrected chi connectivity index (χ3v) is 1.39. The van der Waals surface area contributed by atoms with Crippen LogP contribution in [0.4, 0.5) is 0 Å². The first kappa shape index (κ1) is 7.62. The molecule has 11 heavy (non-hydrogen) atoms. The molecule has 1 rings (SSSR count). The summed E-state index contributed by atoms with van der Waals surface area (Å²) in [4.78, 5) is 4.05. The first-order chi connectivity index (χ1) is 5.27. The van der Waals surface area contributed by atoms with E-state index in [0.717, 1.165) is 5.56 Å². The molecule has 0 unspecified atom stereocenters. The molecule has 0 bridgehead atoms. The van der Waals surface area contributed by atoms with E-state index in [1.165, 1.54) is 0 Å². The Bertz CT molecular complexity index is 299. The average Bonchev–Trinajstić information content (AvgIpc) is 2.05. The van der Waals surface area contributed by atoms with Gasteiger partial charge in [0.1, 0.15) is 5.69 Å². The summed E-state index contributed by atoms with van der Waals surface area (Å²) in [5.74, 6) is 3.04. The van der Waals surface area contributed by atoms with Crippen LogP contribution in [0.2, 0.25) is 0 Å². The Morgan fingerprint density at radius 3 is 2.82 bits per heavy atom. The van der Waals surface area contributed by atoms with E-state index in [1.807, 2.05) is 13.0 Å². The summed E-state index contributed by atoms with van der Waals surface area (Å²) in [6.07, 6.45) is 5.16. The van der Waals surface area contributed by atoms with Crippen molar-refractivity contribution in [3.63, 3.8) is 0 Å². The van der Waals surface area contributed by atoms with E-state index in [2.05, 4.69) is 10.9 Å². The molecule has 0 radical (unpaired) electrons. The molecule has 0 aromatic carbocycles. The van der Waals surface area contributed by atoms with Gasteiger partial charge in [-0.1, -0.05) is 12.0 Å². The zero-order valence-corrected chi connectivity index (χ0v) is 6.59. The van der Waals surface area contributed by atoms with Crippen molar-refractivity contribution in [3.8, 4) is 18.2 Å². The van der Waals surface area contributed by atoms with Crippen LogP contribution in [0.1, 0.15) is 11.3 Å². The molecule has 56 valence electrons. The molecule has 0 amide bonds. The molecule has 0 fully saturated rings. The minimum Gasteiger partial charge on any atom is -0.481 e. The van der Waals surface area contributed by atoms with Crippen molar-refractivity contribution in [3.05, 3.63) is 23.4 Å². The van der Waals surface area contributed by atoms with Crippen molar-refractivity contribution in [2.75, 3.05) is 7.11 Å². The Morgan fingerprint density at radius 1 is 1.55 bits per heavy atom. The van der Waals surface area contributed by atoms with Crippen LogP contribution in [0.25, 0.3) is 0 Å². The van der Waals surface area contributed by atoms with E-state index in [4.69, 9.17) is 11.2 Å². The van der Waals surface area contributed by atoms with E-state index >= 15 is 0 Å². The highest BCUT2D eigenvalue weighted by molar-refractivity contribution is 5.33. The van der Waals surface area contributed by atoms with Crippen LogP contribution in [-0.4, -0.2) is 12.1 Å². The lowest BCUT2D eigenvalue weighted by molar-refractivity contribution is 0.394. The third kappa shape index (κ3) is 1.50. The summed E-state index contributed by atoms with van der Waals surface area (Å²) in [5, 5.41) is 0. The standard InChI is InChI=1S/C9H9NO/c1-4-8-6-5-7(2)9(10-8)11-3/h1,5-6H,2-3H3. The van der Waals surface area contributed by atoms with Crippen LogP contribution < -0.4 is 4.74 Å². The number of aryl methyl sites for hydroxylation is 1. The highest BCUT2D eigenvalue weighted by Crippen LogP contribution is 2.12. The Balaban J connectivity index is 3.15. The molecule has 0 aliphatic carbocycles. The largest absolute Gasteiger partial charge is 0.481 e. The summed E-state index contributed by atoms with van der Waals surface area (Å²) in [6.45, 7) is 1.92. The van der Waals surface area contributed by atoms with Gasteiger partial charge in [-0.2, -0.15) is 0 Å². The molecule has 1 heterocycles. The Hall–Kier alpha value is -1.49. The van der Waals surface area contributed by atoms with Crippen molar-refractivity contribution in [1.29, 1.82) is 0 Å². The number of hydrogen-bond donors (Lipinski definition) is 0. The van der Waals surface area contributed by atoms with Crippen molar-refractivity contribution >= 4 is 0 Å². The molecular weight excluding hydrogens is 138 g/mol. The summed E-state index contributed by atoms with van der Waals surface area (Å²) in [7, 11) is 1.58. The van der Waals surface area contributed by atoms with Gasteiger partial charge in [0.2, 0.25) is 5.88 Å². The number of rotatable bonds is 1. The van der Waals surface area contributed by atoms with Gasteiger partial charge in [0.15, 0.2) is 0 Å². The number of hydrogen-bond acceptors (Lipinski definition) is 2. The predicted molar refractivity (Wildman–Crippen MR) is 43.5 cm³/mol. The minimum atomic E-state index is 0.598. The quantitative estimate of drug-likeness (QED) is 0.560. The molecule has 2 heteroatoms. The van der Waals surface area contributed by atoms with Crippen molar-refractivity contribution < 1.29 is 4.74 Å². The molecule has 0 aliphatic heterocycles. The number of nitrogens with zero attached hydrogens (tertiary/aromatic N) is 1. The first-order valence-corrected chi connectivity index (χ1v) is 3.26. The van der Waals surface area contributed by atoms with E-state index in [9.17, 15) is 0 Å². The Labute approximate surface area is 66.2 Å². The Kier molecular flexibility index (Phi) is 2.12. The number of ether oxygens (including phenoxy) is 1. The molecule has 0 atom stereocenters. The van der Waals surface area contributed by atoms with E-state index in [0.29, 0.717) is 11.6 Å². The summed E-state index contributed by atoms with van der Waals surface area (Å²) < 4.78 is 4.98. The van der Waals surface area contributed by atoms with Crippen molar-refractivity contribution in [1.82, 2.24) is 4.98 Å². The van der Waals surface area contributed by atoms with Crippen LogP contribution in [0, 0.1) is 19.3 Å². The lowest BCUT2D eigenvalue weighted by atomic mass is 10.2. The Morgan fingerprint density at radius 2 is 2.27 bits per heavy atom. The lowest BCUT2D eigenvalue weighted by Gasteiger charge is -2.01. The molecule has 0 saturated heterocycles. The van der Waals surface area contributed by atoms with Crippen LogP contribution in [-0.2, 0) is 0 Å². The molecule has 0 aliphatic rings. The SMILES string of the molecule is C#Cc1ccc(C)c(OC)n1. The molecule has 0 N–H and O–H groups in total. The highest BCUT2D eigenvalue weighted by atomic mass is 16.5. The summed E-state index contributed by atoms with van der Waals surface area (Å²) in [5.41, 5.74) is 1.60. The van der Waals surface area contributed by atoms with E-state index < -0.39 is 0 Å². The second kappa shape index (κ2) is 3.07. The van der Waals surface area contributed by atoms with Gasteiger partial charge in [0.25, 0.3) is 0 Å². The fraction of sp³-hybridized carbons (Fsp3) is 0.222. The number of aromatic nitrogens is 1. The molecule has 0 spiro atoms. The predicted octanol–water partition coefficient (Wildman–Crippen LogP) is 1.38. The van der Waals surface area contributed by atoms with Crippen LogP contribution in [0.15, 0.2) is 12.1 Å². The van der Waals surface area contributed by atoms with Crippen molar-refractivity contribution in [2.24, 2.45) is 0 Å². The van der Waals surface area contributed by atoms with Gasteiger partial charge in [0.05, 0.1) is 7.11 Å². The highest BCUT2D eigenvalue weighted by Gasteiger charge is 1.98. The maximum absolute atomic E-state index is 5.16. The van der Waals surface area contributed by atoms with Gasteiger partial charge in [-0.05, 0) is 13.0 Å². The van der Waals surface area contributed by atoms with Crippen LogP contribution >= 0.6 is 0 Å². The lowest BCUT2D eigenvalue weighted by Crippen LogP contribution is -1.92. The fourth-order valence-corrected chi connectivity index (χ4v) is 0.797. The van der Waals surface area contributed by atoms with Gasteiger partial charge in [0, 0.05) is 5.56 Å². The maximum atomic E-state index is 5.16. The van der Waals surface area contributed by atoms with Crippen LogP contribution in [0.5, 0.6) is 5.88 Å². The molecule has 1 aromatic heterocycles. The maximum Gasteiger partial charge on any atom is 0.217 e. The topological polar surface area (TPSA) is 22.1 Å². The smallest absolute Gasteiger partial charge is 0.217 e. The monoisotopic (exact) mass is 147 g/mol. The molecule has 2 nitrogen and oxygen atoms in total. The van der Waals surface area contributed by atoms with E-state index in [-0.39, 0.29) is 0 Å². The number of pyridine rings is 1. The van der Waals surface area contributed by atoms with E-state index in [1.54, 1.807) is 13.2 Å². The second-order valence-corrected chi connectivity index (χ2v) is 2.17. The zero-order valence-electron chi connectivity index (χ0n) is 6.59. The normalized spacial score (nSPS) is 8.82.